The van der Waals surface area contributed by atoms with Gasteiger partial charge in [0.25, 0.3) is 5.91 Å². The number of fused-ring (bicyclic) bond motifs is 1. The monoisotopic (exact) mass is 407 g/mol. The van der Waals surface area contributed by atoms with Crippen LogP contribution >= 0.6 is 23.2 Å². The normalized spacial score (nSPS) is 11.5. The van der Waals surface area contributed by atoms with Crippen LogP contribution in [0.3, 0.4) is 0 Å². The summed E-state index contributed by atoms with van der Waals surface area (Å²) in [4.78, 5) is 23.2. The summed E-state index contributed by atoms with van der Waals surface area (Å²) in [7, 11) is 2.91. The Kier molecular flexibility index (Phi) is 5.53. The smallest absolute Gasteiger partial charge is 0.299 e. The van der Waals surface area contributed by atoms with Gasteiger partial charge in [-0.15, -0.1) is 0 Å². The molecule has 3 rings (SSSR count). The Hall–Kier alpha value is -2.77. The van der Waals surface area contributed by atoms with Crippen LogP contribution in [-0.4, -0.2) is 30.9 Å². The first kappa shape index (κ1) is 19.0. The molecule has 0 saturated heterocycles. The quantitative estimate of drug-likeness (QED) is 0.353. The van der Waals surface area contributed by atoms with E-state index in [4.69, 9.17) is 37.2 Å². The summed E-state index contributed by atoms with van der Waals surface area (Å²) in [5.41, 5.74) is 0.731. The predicted octanol–water partition coefficient (Wildman–Crippen LogP) is 4.77. The van der Waals surface area contributed by atoms with Gasteiger partial charge < -0.3 is 14.0 Å². The number of aromatic nitrogens is 1. The zero-order valence-electron chi connectivity index (χ0n) is 14.7. The number of benzene rings is 1. The first-order valence-electron chi connectivity index (χ1n) is 7.75. The zero-order chi connectivity index (χ0) is 19.6. The van der Waals surface area contributed by atoms with Crippen LogP contribution in [0.5, 0.6) is 5.75 Å². The lowest BCUT2D eigenvalue weighted by atomic mass is 10.2. The van der Waals surface area contributed by atoms with Gasteiger partial charge in [-0.05, 0) is 19.1 Å². The number of nitrogens with zero attached hydrogens (tertiary/aromatic N) is 3. The van der Waals surface area contributed by atoms with E-state index in [0.29, 0.717) is 16.7 Å². The number of rotatable bonds is 4. The Morgan fingerprint density at radius 1 is 1.22 bits per heavy atom. The lowest BCUT2D eigenvalue weighted by Crippen LogP contribution is -2.36. The van der Waals surface area contributed by atoms with Crippen molar-refractivity contribution in [3.8, 4) is 5.75 Å². The van der Waals surface area contributed by atoms with Gasteiger partial charge in [0, 0.05) is 18.5 Å². The minimum absolute atomic E-state index is 0.0594. The van der Waals surface area contributed by atoms with E-state index in [1.54, 1.807) is 38.3 Å². The molecule has 0 spiro atoms. The summed E-state index contributed by atoms with van der Waals surface area (Å²) in [5.74, 6) is 0.333. The molecule has 0 aliphatic rings. The van der Waals surface area contributed by atoms with Gasteiger partial charge in [-0.3, -0.25) is 14.7 Å². The highest BCUT2D eigenvalue weighted by Crippen LogP contribution is 2.35. The van der Waals surface area contributed by atoms with Crippen molar-refractivity contribution in [1.29, 1.82) is 0 Å². The summed E-state index contributed by atoms with van der Waals surface area (Å²) in [6.45, 7) is 1.58. The molecule has 0 radical (unpaired) electrons. The molecule has 2 heterocycles. The fraction of sp³-hybridized carbons (Fsp3) is 0.167. The van der Waals surface area contributed by atoms with Crippen LogP contribution in [-0.2, 0) is 4.84 Å². The van der Waals surface area contributed by atoms with Crippen LogP contribution in [0.2, 0.25) is 10.0 Å². The molecule has 0 fully saturated rings. The van der Waals surface area contributed by atoms with Gasteiger partial charge in [0.05, 0.1) is 28.2 Å². The third kappa shape index (κ3) is 3.56. The largest absolute Gasteiger partial charge is 0.496 e. The standard InChI is InChI=1S/C18H15Cl2N3O4/c1-10(22-26-3)23(17-12(19)8-21-9-13(17)20)18(24)16-7-11-14(25-2)5-4-6-15(11)27-16/h4-9H,1-3H3/b22-10-. The lowest BCUT2D eigenvalue weighted by Gasteiger charge is -2.22. The Bertz CT molecular complexity index is 1010. The van der Waals surface area contributed by atoms with Gasteiger partial charge in [0.15, 0.2) is 11.6 Å². The van der Waals surface area contributed by atoms with E-state index in [1.807, 2.05) is 0 Å². The maximum absolute atomic E-state index is 13.3. The highest BCUT2D eigenvalue weighted by molar-refractivity contribution is 6.41. The maximum atomic E-state index is 13.3. The third-order valence-electron chi connectivity index (χ3n) is 3.75. The van der Waals surface area contributed by atoms with E-state index in [1.165, 1.54) is 24.4 Å². The summed E-state index contributed by atoms with van der Waals surface area (Å²) >= 11 is 12.5. The number of furan rings is 1. The van der Waals surface area contributed by atoms with Crippen LogP contribution in [0.4, 0.5) is 5.69 Å². The van der Waals surface area contributed by atoms with Crippen molar-refractivity contribution in [3.05, 3.63) is 52.5 Å². The molecular formula is C18H15Cl2N3O4. The van der Waals surface area contributed by atoms with E-state index in [9.17, 15) is 4.79 Å². The number of ether oxygens (including phenoxy) is 1. The second-order valence-corrected chi connectivity index (χ2v) is 6.21. The Morgan fingerprint density at radius 2 is 1.93 bits per heavy atom. The van der Waals surface area contributed by atoms with Crippen LogP contribution in [0.25, 0.3) is 11.0 Å². The van der Waals surface area contributed by atoms with Crippen LogP contribution in [0.15, 0.2) is 46.2 Å². The summed E-state index contributed by atoms with van der Waals surface area (Å²) < 4.78 is 11.0. The van der Waals surface area contributed by atoms with E-state index < -0.39 is 5.91 Å². The van der Waals surface area contributed by atoms with Gasteiger partial charge in [0.2, 0.25) is 0 Å². The molecule has 1 amide bonds. The Morgan fingerprint density at radius 3 is 2.56 bits per heavy atom. The molecule has 9 heteroatoms. The summed E-state index contributed by atoms with van der Waals surface area (Å²) in [5, 5.41) is 4.85. The lowest BCUT2D eigenvalue weighted by molar-refractivity contribution is 0.0976. The van der Waals surface area contributed by atoms with E-state index >= 15 is 0 Å². The van der Waals surface area contributed by atoms with Gasteiger partial charge in [-0.1, -0.05) is 34.4 Å². The van der Waals surface area contributed by atoms with Gasteiger partial charge in [-0.25, -0.2) is 0 Å². The number of methoxy groups -OCH3 is 1. The van der Waals surface area contributed by atoms with Gasteiger partial charge >= 0.3 is 0 Å². The van der Waals surface area contributed by atoms with Crippen molar-refractivity contribution in [2.75, 3.05) is 19.1 Å². The molecule has 0 bridgehead atoms. The number of pyridine rings is 1. The third-order valence-corrected chi connectivity index (χ3v) is 4.31. The molecule has 0 N–H and O–H groups in total. The van der Waals surface area contributed by atoms with Crippen molar-refractivity contribution in [3.63, 3.8) is 0 Å². The molecule has 3 aromatic rings. The molecule has 140 valence electrons. The number of anilines is 1. The molecule has 2 aromatic heterocycles. The highest BCUT2D eigenvalue weighted by atomic mass is 35.5. The molecule has 0 atom stereocenters. The van der Waals surface area contributed by atoms with E-state index in [0.717, 1.165) is 0 Å². The number of hydrogen-bond donors (Lipinski definition) is 0. The first-order valence-corrected chi connectivity index (χ1v) is 8.51. The second-order valence-electron chi connectivity index (χ2n) is 5.40. The van der Waals surface area contributed by atoms with Crippen molar-refractivity contribution in [1.82, 2.24) is 4.98 Å². The topological polar surface area (TPSA) is 77.2 Å². The SMILES string of the molecule is CO/N=C(/C)N(C(=O)c1cc2c(OC)cccc2o1)c1c(Cl)cncc1Cl. The number of hydrogen-bond acceptors (Lipinski definition) is 6. The zero-order valence-corrected chi connectivity index (χ0v) is 16.2. The van der Waals surface area contributed by atoms with E-state index in [2.05, 4.69) is 10.1 Å². The van der Waals surface area contributed by atoms with Crippen molar-refractivity contribution in [2.45, 2.75) is 6.92 Å². The van der Waals surface area contributed by atoms with Crippen molar-refractivity contribution < 1.29 is 18.8 Å². The average molecular weight is 408 g/mol. The fourth-order valence-corrected chi connectivity index (χ4v) is 3.16. The molecule has 0 saturated carbocycles. The minimum Gasteiger partial charge on any atom is -0.496 e. The molecule has 1 aromatic carbocycles. The van der Waals surface area contributed by atoms with Gasteiger partial charge in [-0.2, -0.15) is 0 Å². The minimum atomic E-state index is -0.526. The predicted molar refractivity (Wildman–Crippen MR) is 104 cm³/mol. The number of oxime groups is 1. The average Bonchev–Trinajstić information content (AvgIpc) is 3.08. The Balaban J connectivity index is 2.16. The summed E-state index contributed by atoms with van der Waals surface area (Å²) in [6, 6.07) is 6.87. The molecule has 7 nitrogen and oxygen atoms in total. The molecule has 0 aliphatic carbocycles. The van der Waals surface area contributed by atoms with Crippen LogP contribution < -0.4 is 9.64 Å². The summed E-state index contributed by atoms with van der Waals surface area (Å²) in [6.07, 6.45) is 2.76. The fourth-order valence-electron chi connectivity index (χ4n) is 2.63. The molecule has 27 heavy (non-hydrogen) atoms. The highest BCUT2D eigenvalue weighted by Gasteiger charge is 2.28. The number of carbonyl (C=O) groups excluding carboxylic acids is 1. The molecule has 0 unspecified atom stereocenters. The Labute approximate surface area is 165 Å². The number of carbonyl (C=O) groups is 1. The van der Waals surface area contributed by atoms with Crippen molar-refractivity contribution in [2.24, 2.45) is 5.16 Å². The first-order chi connectivity index (χ1) is 13.0. The maximum Gasteiger partial charge on any atom is 0.299 e. The van der Waals surface area contributed by atoms with Crippen LogP contribution in [0.1, 0.15) is 17.5 Å². The molecular weight excluding hydrogens is 393 g/mol. The number of amides is 1. The van der Waals surface area contributed by atoms with E-state index in [-0.39, 0.29) is 27.3 Å². The second kappa shape index (κ2) is 7.85. The number of halogens is 2. The van der Waals surface area contributed by atoms with Crippen LogP contribution in [0, 0.1) is 0 Å². The van der Waals surface area contributed by atoms with Crippen molar-refractivity contribution >= 4 is 51.6 Å². The van der Waals surface area contributed by atoms with Gasteiger partial charge in [0.1, 0.15) is 18.4 Å². The molecule has 0 aliphatic heterocycles. The number of amidine groups is 1.